The fourth-order valence-corrected chi connectivity index (χ4v) is 8.41. The van der Waals surface area contributed by atoms with Crippen molar-refractivity contribution in [3.63, 3.8) is 0 Å². The first-order valence-corrected chi connectivity index (χ1v) is 30.3. The second-order valence-electron chi connectivity index (χ2n) is 20.1. The van der Waals surface area contributed by atoms with E-state index in [1.807, 2.05) is 0 Å². The Morgan fingerprint density at radius 2 is 0.500 bits per heavy atom. The maximum atomic E-state index is 12.9. The Morgan fingerprint density at radius 3 is 0.806 bits per heavy atom. The summed E-state index contributed by atoms with van der Waals surface area (Å²) in [6.07, 6.45) is 79.6. The molecule has 0 spiro atoms. The number of unbranched alkanes of at least 4 members (excludes halogenated alkanes) is 33. The topological polar surface area (TPSA) is 78.9 Å². The van der Waals surface area contributed by atoms with Gasteiger partial charge in [0, 0.05) is 19.3 Å². The quantitative estimate of drug-likeness (QED) is 0.0261. The summed E-state index contributed by atoms with van der Waals surface area (Å²) < 4.78 is 16.9. The van der Waals surface area contributed by atoms with Crippen molar-refractivity contribution >= 4 is 17.9 Å². The van der Waals surface area contributed by atoms with Crippen LogP contribution in [0.15, 0.2) is 97.2 Å². The lowest BCUT2D eigenvalue weighted by Crippen LogP contribution is -2.30. The molecule has 0 aromatic heterocycles. The molecule has 6 heteroatoms. The number of esters is 3. The number of hydrogen-bond acceptors (Lipinski definition) is 6. The molecule has 0 aliphatic heterocycles. The van der Waals surface area contributed by atoms with E-state index >= 15 is 0 Å². The van der Waals surface area contributed by atoms with Gasteiger partial charge in [-0.25, -0.2) is 0 Å². The molecule has 0 fully saturated rings. The Bertz CT molecular complexity index is 1430. The molecule has 6 nitrogen and oxygen atoms in total. The zero-order valence-corrected chi connectivity index (χ0v) is 47.2. The maximum Gasteiger partial charge on any atom is 0.306 e. The normalized spacial score (nSPS) is 12.8. The minimum Gasteiger partial charge on any atom is -0.462 e. The molecule has 1 unspecified atom stereocenters. The molecular weight excluding hydrogens is 889 g/mol. The highest BCUT2D eigenvalue weighted by molar-refractivity contribution is 5.71. The third kappa shape index (κ3) is 57.2. The van der Waals surface area contributed by atoms with E-state index in [9.17, 15) is 14.4 Å². The molecule has 0 aromatic carbocycles. The molecule has 0 amide bonds. The van der Waals surface area contributed by atoms with Gasteiger partial charge in [-0.15, -0.1) is 0 Å². The summed E-state index contributed by atoms with van der Waals surface area (Å²) >= 11 is 0. The highest BCUT2D eigenvalue weighted by Crippen LogP contribution is 2.16. The first-order chi connectivity index (χ1) is 35.5. The Labute approximate surface area is 445 Å². The lowest BCUT2D eigenvalue weighted by atomic mass is 10.0. The van der Waals surface area contributed by atoms with Gasteiger partial charge in [0.05, 0.1) is 0 Å². The molecule has 0 N–H and O–H groups in total. The lowest BCUT2D eigenvalue weighted by Gasteiger charge is -2.18. The van der Waals surface area contributed by atoms with Crippen LogP contribution >= 0.6 is 0 Å². The monoisotopic (exact) mass is 1000 g/mol. The van der Waals surface area contributed by atoms with E-state index in [4.69, 9.17) is 14.2 Å². The van der Waals surface area contributed by atoms with Crippen molar-refractivity contribution in [3.05, 3.63) is 97.2 Å². The fourth-order valence-electron chi connectivity index (χ4n) is 8.41. The van der Waals surface area contributed by atoms with Crippen LogP contribution in [0.25, 0.3) is 0 Å². The van der Waals surface area contributed by atoms with E-state index in [2.05, 4.69) is 118 Å². The van der Waals surface area contributed by atoms with E-state index in [0.29, 0.717) is 19.3 Å². The van der Waals surface area contributed by atoms with E-state index in [1.165, 1.54) is 135 Å². The summed E-state index contributed by atoms with van der Waals surface area (Å²) in [5.41, 5.74) is 0. The van der Waals surface area contributed by atoms with Crippen LogP contribution in [-0.4, -0.2) is 37.2 Å². The van der Waals surface area contributed by atoms with E-state index in [1.54, 1.807) is 0 Å². The molecule has 412 valence electrons. The first kappa shape index (κ1) is 68.3. The molecule has 0 saturated heterocycles. The lowest BCUT2D eigenvalue weighted by molar-refractivity contribution is -0.167. The van der Waals surface area contributed by atoms with Gasteiger partial charge < -0.3 is 14.2 Å². The average molecular weight is 1000 g/mol. The van der Waals surface area contributed by atoms with Crippen molar-refractivity contribution in [2.24, 2.45) is 0 Å². The molecule has 0 aliphatic carbocycles. The molecule has 0 rings (SSSR count). The second-order valence-corrected chi connectivity index (χ2v) is 20.1. The van der Waals surface area contributed by atoms with Gasteiger partial charge in [0.15, 0.2) is 6.10 Å². The number of rotatable bonds is 54. The van der Waals surface area contributed by atoms with Crippen molar-refractivity contribution in [3.8, 4) is 0 Å². The van der Waals surface area contributed by atoms with Gasteiger partial charge in [-0.2, -0.15) is 0 Å². The summed E-state index contributed by atoms with van der Waals surface area (Å²) in [5.74, 6) is -0.932. The molecule has 0 radical (unpaired) electrons. The van der Waals surface area contributed by atoms with Crippen LogP contribution in [0.3, 0.4) is 0 Å². The predicted molar refractivity (Wildman–Crippen MR) is 311 cm³/mol. The van der Waals surface area contributed by atoms with E-state index in [0.717, 1.165) is 109 Å². The van der Waals surface area contributed by atoms with Gasteiger partial charge in [-0.05, 0) is 70.6 Å². The van der Waals surface area contributed by atoms with Crippen LogP contribution in [0.5, 0.6) is 0 Å². The van der Waals surface area contributed by atoms with Gasteiger partial charge in [0.25, 0.3) is 0 Å². The van der Waals surface area contributed by atoms with Gasteiger partial charge in [-0.3, -0.25) is 14.4 Å². The molecule has 0 aliphatic rings. The minimum atomic E-state index is -0.801. The molecule has 0 bridgehead atoms. The molecule has 0 saturated carbocycles. The predicted octanol–water partition coefficient (Wildman–Crippen LogP) is 20.5. The van der Waals surface area contributed by atoms with Crippen molar-refractivity contribution in [1.82, 2.24) is 0 Å². The number of carbonyl (C=O) groups excluding carboxylic acids is 3. The summed E-state index contributed by atoms with van der Waals surface area (Å²) in [4.78, 5) is 38.3. The second kappa shape index (κ2) is 59.9. The summed E-state index contributed by atoms with van der Waals surface area (Å²) in [6, 6.07) is 0. The van der Waals surface area contributed by atoms with Gasteiger partial charge in [0.2, 0.25) is 0 Å². The number of hydrogen-bond donors (Lipinski definition) is 0. The third-order valence-corrected chi connectivity index (χ3v) is 13.0. The molecular formula is C66H112O6. The van der Waals surface area contributed by atoms with Crippen molar-refractivity contribution in [2.75, 3.05) is 13.2 Å². The zero-order valence-electron chi connectivity index (χ0n) is 47.2. The largest absolute Gasteiger partial charge is 0.462 e. The first-order valence-electron chi connectivity index (χ1n) is 30.3. The molecule has 72 heavy (non-hydrogen) atoms. The Morgan fingerprint density at radius 1 is 0.278 bits per heavy atom. The molecule has 0 aromatic rings. The Kier molecular flexibility index (Phi) is 56.8. The molecule has 1 atom stereocenters. The van der Waals surface area contributed by atoms with Crippen LogP contribution in [-0.2, 0) is 28.6 Å². The fraction of sp³-hybridized carbons (Fsp3) is 0.712. The zero-order chi connectivity index (χ0) is 52.2. The van der Waals surface area contributed by atoms with Crippen molar-refractivity contribution in [1.29, 1.82) is 0 Å². The third-order valence-electron chi connectivity index (χ3n) is 13.0. The maximum absolute atomic E-state index is 12.9. The van der Waals surface area contributed by atoms with Gasteiger partial charge in [0.1, 0.15) is 13.2 Å². The van der Waals surface area contributed by atoms with Crippen LogP contribution in [0.4, 0.5) is 0 Å². The van der Waals surface area contributed by atoms with Gasteiger partial charge in [-0.1, -0.05) is 291 Å². The van der Waals surface area contributed by atoms with Crippen molar-refractivity contribution in [2.45, 2.75) is 290 Å². The highest BCUT2D eigenvalue weighted by Gasteiger charge is 2.19. The number of ether oxygens (including phenoxy) is 3. The summed E-state index contributed by atoms with van der Waals surface area (Å²) in [7, 11) is 0. The minimum absolute atomic E-state index is 0.0937. The average Bonchev–Trinajstić information content (AvgIpc) is 3.38. The summed E-state index contributed by atoms with van der Waals surface area (Å²) in [5, 5.41) is 0. The van der Waals surface area contributed by atoms with Crippen LogP contribution in [0, 0.1) is 0 Å². The molecule has 0 heterocycles. The smallest absolute Gasteiger partial charge is 0.306 e. The van der Waals surface area contributed by atoms with E-state index in [-0.39, 0.29) is 31.1 Å². The van der Waals surface area contributed by atoms with Crippen LogP contribution < -0.4 is 0 Å². The Balaban J connectivity index is 4.48. The summed E-state index contributed by atoms with van der Waals surface area (Å²) in [6.45, 7) is 6.55. The Hall–Kier alpha value is -3.67. The van der Waals surface area contributed by atoms with Crippen LogP contribution in [0.2, 0.25) is 0 Å². The standard InChI is InChI=1S/C66H112O6/c1-4-7-10-13-16-19-22-25-28-31-34-37-40-43-46-49-52-55-58-64(67)70-61-63(72-66(69)60-57-54-51-48-45-42-39-36-33-30-27-24-21-18-15-12-9-6-3)62-71-65(68)59-56-53-50-47-44-41-38-35-32-29-26-23-20-17-14-11-8-5-2/h16,18-19,21-22,24-25,27-28,30-31,33-34,36-37,39,63H,4-15,17,20,23,26,29,32,35,38,40-62H2,1-3H3/b19-16-,21-18-,25-22-,27-24-,31-28-,33-30-,37-34-,39-36-. The SMILES string of the molecule is CCCCC\C=C/C=C\C=C/C=C\CCCCCCCC(=O)OCC(COC(=O)CCCCCCCCCCCCCCCCCCCC)OC(=O)CCCCCCC\C=C/C=C\C=C/C=C\CCCCC. The highest BCUT2D eigenvalue weighted by atomic mass is 16.6. The number of carbonyl (C=O) groups is 3. The number of allylic oxidation sites excluding steroid dienone is 16. The van der Waals surface area contributed by atoms with Crippen LogP contribution in [0.1, 0.15) is 284 Å². The van der Waals surface area contributed by atoms with Crippen molar-refractivity contribution < 1.29 is 28.6 Å². The van der Waals surface area contributed by atoms with E-state index < -0.39 is 6.10 Å². The van der Waals surface area contributed by atoms with Gasteiger partial charge >= 0.3 is 17.9 Å².